The first-order valence-corrected chi connectivity index (χ1v) is 13.7. The quantitative estimate of drug-likeness (QED) is 0.466. The molecule has 0 saturated carbocycles. The van der Waals surface area contributed by atoms with Gasteiger partial charge in [-0.05, 0) is 64.3 Å². The second-order valence-corrected chi connectivity index (χ2v) is 9.87. The zero-order valence-corrected chi connectivity index (χ0v) is 22.2. The average molecular weight is 516 g/mol. The first kappa shape index (κ1) is 25.6. The number of hydrogen-bond acceptors (Lipinski definition) is 7. The number of carbonyl (C=O) groups excluding carboxylic acids is 1. The molecule has 0 aliphatic carbocycles. The fraction of sp³-hybridized carbons (Fsp3) is 0.480. The molecule has 2 aliphatic rings. The fourth-order valence-electron chi connectivity index (χ4n) is 4.96. The maximum atomic E-state index is 13.7. The van der Waals surface area contributed by atoms with Crippen molar-refractivity contribution in [1.29, 1.82) is 0 Å². The third kappa shape index (κ3) is 5.37. The molecule has 2 fully saturated rings. The van der Waals surface area contributed by atoms with Gasteiger partial charge in [0.15, 0.2) is 5.65 Å². The van der Waals surface area contributed by atoms with Gasteiger partial charge in [-0.15, -0.1) is 0 Å². The Morgan fingerprint density at radius 3 is 2.63 bits per heavy atom. The summed E-state index contributed by atoms with van der Waals surface area (Å²) in [6, 6.07) is 7.39. The van der Waals surface area contributed by atoms with Gasteiger partial charge >= 0.3 is 0 Å². The summed E-state index contributed by atoms with van der Waals surface area (Å²) in [5.74, 6) is 1.03. The Morgan fingerprint density at radius 1 is 1.14 bits per heavy atom. The number of aromatic nitrogens is 3. The lowest BCUT2D eigenvalue weighted by Crippen LogP contribution is -2.39. The topological polar surface area (TPSA) is 91.8 Å². The molecule has 1 unspecified atom stereocenters. The molecular weight excluding hydrogens is 482 g/mol. The summed E-state index contributed by atoms with van der Waals surface area (Å²) in [4.78, 5) is 22.9. The molecule has 0 bridgehead atoms. The number of anilines is 2. The van der Waals surface area contributed by atoms with Gasteiger partial charge in [0.1, 0.15) is 5.82 Å². The fourth-order valence-corrected chi connectivity index (χ4v) is 5.53. The number of nitrogens with one attached hydrogen (secondary N) is 1. The highest BCUT2D eigenvalue weighted by atomic mass is 35.5. The van der Waals surface area contributed by atoms with Gasteiger partial charge in [0.2, 0.25) is 0 Å². The van der Waals surface area contributed by atoms with Crippen molar-refractivity contribution < 1.29 is 4.79 Å². The zero-order chi connectivity index (χ0) is 24.9. The second-order valence-electron chi connectivity index (χ2n) is 8.82. The van der Waals surface area contributed by atoms with Crippen LogP contribution in [-0.2, 0) is 0 Å². The van der Waals surface area contributed by atoms with E-state index in [4.69, 9.17) is 21.7 Å². The van der Waals surface area contributed by atoms with Crippen molar-refractivity contribution in [3.63, 3.8) is 0 Å². The molecule has 3 N–H and O–H groups in total. The van der Waals surface area contributed by atoms with Crippen LogP contribution in [-0.4, -0.2) is 58.3 Å². The van der Waals surface area contributed by atoms with Crippen LogP contribution in [0.5, 0.6) is 0 Å². The number of aryl methyl sites for hydroxylation is 1. The van der Waals surface area contributed by atoms with E-state index in [1.807, 2.05) is 27.8 Å². The number of nitrogens with two attached hydrogens (primary N) is 1. The van der Waals surface area contributed by atoms with E-state index < -0.39 is 0 Å². The van der Waals surface area contributed by atoms with Crippen molar-refractivity contribution in [3.8, 4) is 0 Å². The van der Waals surface area contributed by atoms with Gasteiger partial charge in [-0.1, -0.05) is 23.5 Å². The van der Waals surface area contributed by atoms with Crippen molar-refractivity contribution in [2.45, 2.75) is 45.1 Å². The van der Waals surface area contributed by atoms with E-state index in [2.05, 4.69) is 28.5 Å². The number of amides is 1. The van der Waals surface area contributed by atoms with E-state index in [1.54, 1.807) is 12.1 Å². The highest BCUT2D eigenvalue weighted by molar-refractivity contribution is 7.99. The Hall–Kier alpha value is -2.49. The van der Waals surface area contributed by atoms with E-state index in [-0.39, 0.29) is 11.9 Å². The number of likely N-dealkylation sites (tertiary alicyclic amines) is 1. The molecule has 188 valence electrons. The monoisotopic (exact) mass is 515 g/mol. The molecule has 4 heterocycles. The third-order valence-corrected chi connectivity index (χ3v) is 7.22. The maximum absolute atomic E-state index is 13.7. The molecule has 0 spiro atoms. The zero-order valence-electron chi connectivity index (χ0n) is 20.6. The van der Waals surface area contributed by atoms with E-state index in [0.717, 1.165) is 60.8 Å². The lowest BCUT2D eigenvalue weighted by atomic mass is 9.98. The minimum absolute atomic E-state index is 0.0160. The van der Waals surface area contributed by atoms with Gasteiger partial charge < -0.3 is 20.3 Å². The molecule has 0 radical (unpaired) electrons. The molecule has 35 heavy (non-hydrogen) atoms. The normalized spacial score (nSPS) is 17.9. The number of halogens is 1. The lowest BCUT2D eigenvalue weighted by molar-refractivity contribution is 0.0607. The van der Waals surface area contributed by atoms with Crippen molar-refractivity contribution in [2.24, 2.45) is 5.73 Å². The van der Waals surface area contributed by atoms with Gasteiger partial charge in [0.25, 0.3) is 5.91 Å². The Labute approximate surface area is 216 Å². The molecule has 10 heteroatoms. The van der Waals surface area contributed by atoms with E-state index >= 15 is 0 Å². The molecule has 2 aromatic heterocycles. The predicted molar refractivity (Wildman–Crippen MR) is 146 cm³/mol. The summed E-state index contributed by atoms with van der Waals surface area (Å²) in [5.41, 5.74) is 8.74. The number of rotatable bonds is 5. The summed E-state index contributed by atoms with van der Waals surface area (Å²) in [6.07, 6.45) is 9.37. The van der Waals surface area contributed by atoms with Gasteiger partial charge in [0, 0.05) is 48.7 Å². The largest absolute Gasteiger partial charge is 0.356 e. The second kappa shape index (κ2) is 11.5. The van der Waals surface area contributed by atoms with E-state index in [0.29, 0.717) is 17.1 Å². The smallest absolute Gasteiger partial charge is 0.256 e. The van der Waals surface area contributed by atoms with Crippen LogP contribution in [0.1, 0.15) is 59.8 Å². The van der Waals surface area contributed by atoms with Gasteiger partial charge in [-0.25, -0.2) is 9.50 Å². The van der Waals surface area contributed by atoms with Crippen LogP contribution in [0.2, 0.25) is 5.02 Å². The van der Waals surface area contributed by atoms with Gasteiger partial charge in [-0.2, -0.15) is 5.10 Å². The third-order valence-electron chi connectivity index (χ3n) is 6.56. The highest BCUT2D eigenvalue weighted by Gasteiger charge is 2.32. The molecule has 1 aromatic carbocycles. The number of nitrogens with zero attached hydrogens (tertiary/aromatic N) is 5. The highest BCUT2D eigenvalue weighted by Crippen LogP contribution is 2.34. The van der Waals surface area contributed by atoms with E-state index in [1.165, 1.54) is 31.8 Å². The molecule has 1 amide bonds. The summed E-state index contributed by atoms with van der Waals surface area (Å²) in [7, 11) is 1.50. The maximum Gasteiger partial charge on any atom is 0.256 e. The number of fused-ring (bicyclic) bond motifs is 1. The van der Waals surface area contributed by atoms with Crippen molar-refractivity contribution in [3.05, 3.63) is 52.3 Å². The lowest BCUT2D eigenvalue weighted by Gasteiger charge is -2.35. The first-order chi connectivity index (χ1) is 17.0. The minimum atomic E-state index is -0.0791. The van der Waals surface area contributed by atoms with Crippen LogP contribution in [0, 0.1) is 6.92 Å². The molecule has 8 nitrogen and oxygen atoms in total. The molecule has 1 atom stereocenters. The number of piperidine rings is 1. The Bertz CT molecular complexity index is 1180. The van der Waals surface area contributed by atoms with Gasteiger partial charge in [0.05, 0.1) is 23.0 Å². The average Bonchev–Trinajstić information content (AvgIpc) is 3.55. The van der Waals surface area contributed by atoms with Crippen molar-refractivity contribution in [1.82, 2.24) is 19.5 Å². The van der Waals surface area contributed by atoms with Crippen molar-refractivity contribution in [2.75, 3.05) is 42.6 Å². The van der Waals surface area contributed by atoms with Crippen LogP contribution in [0.15, 0.2) is 30.5 Å². The van der Waals surface area contributed by atoms with Crippen LogP contribution in [0.3, 0.4) is 0 Å². The first-order valence-electron chi connectivity index (χ1n) is 12.1. The Balaban J connectivity index is 0.00000141. The van der Waals surface area contributed by atoms with Crippen LogP contribution < -0.4 is 15.4 Å². The van der Waals surface area contributed by atoms with Crippen LogP contribution in [0.25, 0.3) is 5.65 Å². The summed E-state index contributed by atoms with van der Waals surface area (Å²) in [6.45, 7) is 4.91. The van der Waals surface area contributed by atoms with Crippen LogP contribution >= 0.6 is 23.5 Å². The minimum Gasteiger partial charge on any atom is -0.356 e. The standard InChI is InChI=1S/C24H29ClN6OS.CH5N/c1-16-15-31-22(26-23(16)29-10-5-6-11-29)14-20(27-31)21-7-3-4-12-30(21)24(32)18-13-17(25)8-9-19(18)28-33-2;1-2/h8-9,13-15,21,28H,3-7,10-12H2,1-2H3;2H2,1H3. The van der Waals surface area contributed by atoms with E-state index in [9.17, 15) is 4.79 Å². The summed E-state index contributed by atoms with van der Waals surface area (Å²) < 4.78 is 5.08. The molecular formula is C25H34ClN7OS. The van der Waals surface area contributed by atoms with Gasteiger partial charge in [-0.3, -0.25) is 4.79 Å². The molecule has 3 aromatic rings. The van der Waals surface area contributed by atoms with Crippen molar-refractivity contribution >= 4 is 46.6 Å². The Kier molecular flexibility index (Phi) is 8.41. The summed E-state index contributed by atoms with van der Waals surface area (Å²) in [5, 5.41) is 5.42. The summed E-state index contributed by atoms with van der Waals surface area (Å²) >= 11 is 7.72. The molecule has 5 rings (SSSR count). The SMILES string of the molecule is CN.CSNc1ccc(Cl)cc1C(=O)N1CCCCC1c1cc2nc(N3CCCC3)c(C)cn2n1. The number of hydrogen-bond donors (Lipinski definition) is 2. The number of benzene rings is 1. The van der Waals surface area contributed by atoms with Crippen LogP contribution in [0.4, 0.5) is 11.5 Å². The molecule has 2 aliphatic heterocycles. The number of carbonyl (C=O) groups is 1. The Morgan fingerprint density at radius 2 is 1.89 bits per heavy atom. The predicted octanol–water partition coefficient (Wildman–Crippen LogP) is 4.92. The molecule has 2 saturated heterocycles.